The van der Waals surface area contributed by atoms with Gasteiger partial charge in [-0.15, -0.1) is 34.4 Å². The third-order valence-electron chi connectivity index (χ3n) is 7.59. The predicted octanol–water partition coefficient (Wildman–Crippen LogP) is 8.59. The molecule has 1 aliphatic carbocycles. The highest BCUT2D eigenvalue weighted by Crippen LogP contribution is 2.44. The maximum absolute atomic E-state index is 14.1. The van der Waals surface area contributed by atoms with E-state index in [1.807, 2.05) is 72.1 Å². The van der Waals surface area contributed by atoms with E-state index in [9.17, 15) is 14.4 Å². The molecule has 44 heavy (non-hydrogen) atoms. The number of anilines is 2. The summed E-state index contributed by atoms with van der Waals surface area (Å²) < 4.78 is 5.18. The van der Waals surface area contributed by atoms with Crippen molar-refractivity contribution in [1.82, 2.24) is 0 Å². The molecule has 0 saturated heterocycles. The zero-order chi connectivity index (χ0) is 30.5. The van der Waals surface area contributed by atoms with Gasteiger partial charge in [0.05, 0.1) is 17.6 Å². The van der Waals surface area contributed by atoms with Crippen molar-refractivity contribution in [3.8, 4) is 0 Å². The van der Waals surface area contributed by atoms with Crippen molar-refractivity contribution in [2.75, 3.05) is 17.7 Å². The first kappa shape index (κ1) is 29.9. The predicted molar refractivity (Wildman–Crippen MR) is 179 cm³/mol. The number of carbonyl (C=O) groups excluding carboxylic acids is 3. The van der Waals surface area contributed by atoms with Crippen LogP contribution in [0.15, 0.2) is 107 Å². The maximum Gasteiger partial charge on any atom is 0.341 e. The van der Waals surface area contributed by atoms with Crippen LogP contribution in [0.5, 0.6) is 0 Å². The monoisotopic (exact) mass is 638 g/mol. The number of carbonyl (C=O) groups is 3. The largest absolute Gasteiger partial charge is 0.465 e. The Kier molecular flexibility index (Phi) is 9.26. The van der Waals surface area contributed by atoms with Gasteiger partial charge < -0.3 is 15.4 Å². The van der Waals surface area contributed by atoms with Crippen LogP contribution in [0.1, 0.15) is 59.2 Å². The molecule has 5 aromatic rings. The van der Waals surface area contributed by atoms with Crippen LogP contribution in [0, 0.1) is 0 Å². The number of rotatable bonds is 9. The Morgan fingerprint density at radius 2 is 1.68 bits per heavy atom. The first-order valence-corrected chi connectivity index (χ1v) is 16.8. The number of methoxy groups -OCH3 is 1. The van der Waals surface area contributed by atoms with Crippen LogP contribution in [-0.2, 0) is 22.4 Å². The highest BCUT2D eigenvalue weighted by atomic mass is 32.2. The number of ether oxygens (including phenoxy) is 1. The quantitative estimate of drug-likeness (QED) is 0.125. The molecule has 0 spiro atoms. The number of esters is 1. The normalized spacial score (nSPS) is 14.7. The Morgan fingerprint density at radius 3 is 2.41 bits per heavy atom. The number of hydrogen-bond donors (Lipinski definition) is 2. The van der Waals surface area contributed by atoms with Crippen molar-refractivity contribution in [2.45, 2.75) is 35.3 Å². The highest BCUT2D eigenvalue weighted by molar-refractivity contribution is 8.00. The second-order valence-electron chi connectivity index (χ2n) is 10.4. The lowest BCUT2D eigenvalue weighted by molar-refractivity contribution is -0.115. The Morgan fingerprint density at radius 1 is 0.909 bits per heavy atom. The first-order chi connectivity index (χ1) is 21.5. The van der Waals surface area contributed by atoms with E-state index in [2.05, 4.69) is 34.9 Å². The molecule has 2 unspecified atom stereocenters. The Hall–Kier alpha value is -4.18. The molecule has 2 N–H and O–H groups in total. The van der Waals surface area contributed by atoms with Crippen molar-refractivity contribution in [2.24, 2.45) is 0 Å². The van der Waals surface area contributed by atoms with Crippen LogP contribution in [-0.4, -0.2) is 24.9 Å². The maximum atomic E-state index is 14.1. The van der Waals surface area contributed by atoms with Crippen LogP contribution in [0.2, 0.25) is 0 Å². The fourth-order valence-corrected chi connectivity index (χ4v) is 8.48. The van der Waals surface area contributed by atoms with Crippen LogP contribution in [0.4, 0.5) is 10.7 Å². The molecule has 2 amide bonds. The van der Waals surface area contributed by atoms with Crippen LogP contribution >= 0.6 is 34.4 Å². The van der Waals surface area contributed by atoms with E-state index in [4.69, 9.17) is 4.74 Å². The Balaban J connectivity index is 1.26. The third kappa shape index (κ3) is 6.65. The summed E-state index contributed by atoms with van der Waals surface area (Å²) in [4.78, 5) is 42.3. The molecule has 9 heteroatoms. The van der Waals surface area contributed by atoms with E-state index in [0.29, 0.717) is 27.0 Å². The molecule has 222 valence electrons. The summed E-state index contributed by atoms with van der Waals surface area (Å²) >= 11 is 4.24. The molecular weight excluding hydrogens is 609 g/mol. The SMILES string of the molecule is COC(=O)c1c(NC(=O)C(Sc2cccc(NC(=O)c3cccs3)c2)c2ccccc2)sc2c1CCC(c1ccccc1)C2. The summed E-state index contributed by atoms with van der Waals surface area (Å²) in [5.74, 6) is -0.491. The smallest absolute Gasteiger partial charge is 0.341 e. The van der Waals surface area contributed by atoms with Gasteiger partial charge in [-0.1, -0.05) is 72.8 Å². The molecule has 6 rings (SSSR count). The van der Waals surface area contributed by atoms with Gasteiger partial charge in [0.1, 0.15) is 10.3 Å². The topological polar surface area (TPSA) is 84.5 Å². The van der Waals surface area contributed by atoms with Crippen LogP contribution in [0.3, 0.4) is 0 Å². The van der Waals surface area contributed by atoms with E-state index in [-0.39, 0.29) is 11.8 Å². The van der Waals surface area contributed by atoms with E-state index < -0.39 is 11.2 Å². The second kappa shape index (κ2) is 13.6. The molecule has 2 atom stereocenters. The summed E-state index contributed by atoms with van der Waals surface area (Å²) in [7, 11) is 1.38. The second-order valence-corrected chi connectivity index (χ2v) is 13.6. The van der Waals surface area contributed by atoms with Crippen molar-refractivity contribution >= 4 is 62.9 Å². The molecule has 2 heterocycles. The van der Waals surface area contributed by atoms with Gasteiger partial charge in [-0.3, -0.25) is 9.59 Å². The number of fused-ring (bicyclic) bond motifs is 1. The van der Waals surface area contributed by atoms with Crippen molar-refractivity contribution < 1.29 is 19.1 Å². The van der Waals surface area contributed by atoms with Gasteiger partial charge in [-0.25, -0.2) is 4.79 Å². The van der Waals surface area contributed by atoms with Gasteiger partial charge in [0.2, 0.25) is 5.91 Å². The zero-order valence-corrected chi connectivity index (χ0v) is 26.4. The number of hydrogen-bond acceptors (Lipinski definition) is 7. The van der Waals surface area contributed by atoms with Crippen molar-refractivity contribution in [3.63, 3.8) is 0 Å². The number of nitrogens with one attached hydrogen (secondary N) is 2. The lowest BCUT2D eigenvalue weighted by atomic mass is 9.83. The lowest BCUT2D eigenvalue weighted by Gasteiger charge is -2.22. The van der Waals surface area contributed by atoms with Gasteiger partial charge in [0.25, 0.3) is 5.91 Å². The van der Waals surface area contributed by atoms with Crippen molar-refractivity contribution in [1.29, 1.82) is 0 Å². The average molecular weight is 639 g/mol. The number of thioether (sulfide) groups is 1. The molecule has 1 aliphatic rings. The van der Waals surface area contributed by atoms with Gasteiger partial charge in [-0.05, 0) is 71.5 Å². The lowest BCUT2D eigenvalue weighted by Crippen LogP contribution is -2.20. The molecule has 0 fully saturated rings. The summed E-state index contributed by atoms with van der Waals surface area (Å²) in [6.45, 7) is 0. The molecular formula is C35H30N2O4S3. The molecule has 0 bridgehead atoms. The average Bonchev–Trinajstić information content (AvgIpc) is 3.72. The summed E-state index contributed by atoms with van der Waals surface area (Å²) in [6, 6.07) is 31.1. The molecule has 0 radical (unpaired) electrons. The molecule has 6 nitrogen and oxygen atoms in total. The van der Waals surface area contributed by atoms with E-state index in [1.54, 1.807) is 6.07 Å². The standard InChI is InChI=1S/C35H30N2O4S3/c1-41-35(40)30-27-18-17-24(22-10-4-2-5-11-22)20-29(27)44-34(30)37-33(39)31(23-12-6-3-7-13-23)43-26-15-8-14-25(21-26)36-32(38)28-16-9-19-42-28/h2-16,19,21,24,31H,17-18,20H2,1H3,(H,36,38)(H,37,39). The van der Waals surface area contributed by atoms with Gasteiger partial charge in [0.15, 0.2) is 0 Å². The molecule has 3 aromatic carbocycles. The summed E-state index contributed by atoms with van der Waals surface area (Å²) in [5.41, 5.74) is 4.19. The van der Waals surface area contributed by atoms with E-state index >= 15 is 0 Å². The zero-order valence-electron chi connectivity index (χ0n) is 23.9. The number of amides is 2. The molecule has 2 aromatic heterocycles. The van der Waals surface area contributed by atoms with Crippen LogP contribution < -0.4 is 10.6 Å². The van der Waals surface area contributed by atoms with Gasteiger partial charge >= 0.3 is 5.97 Å². The fraction of sp³-hybridized carbons (Fsp3) is 0.171. The van der Waals surface area contributed by atoms with Crippen molar-refractivity contribution in [3.05, 3.63) is 134 Å². The number of thiophene rings is 2. The van der Waals surface area contributed by atoms with Gasteiger partial charge in [0, 0.05) is 15.5 Å². The third-order valence-corrected chi connectivity index (χ3v) is 10.9. The molecule has 0 saturated carbocycles. The highest BCUT2D eigenvalue weighted by Gasteiger charge is 2.32. The fourth-order valence-electron chi connectivity index (χ4n) is 5.46. The first-order valence-electron chi connectivity index (χ1n) is 14.3. The van der Waals surface area contributed by atoms with E-state index in [0.717, 1.165) is 40.2 Å². The molecule has 0 aliphatic heterocycles. The minimum absolute atomic E-state index is 0.175. The van der Waals surface area contributed by atoms with Gasteiger partial charge in [-0.2, -0.15) is 0 Å². The Bertz CT molecular complexity index is 1770. The van der Waals surface area contributed by atoms with E-state index in [1.165, 1.54) is 47.1 Å². The minimum Gasteiger partial charge on any atom is -0.465 e. The minimum atomic E-state index is -0.610. The summed E-state index contributed by atoms with van der Waals surface area (Å²) in [5, 5.41) is 7.83. The van der Waals surface area contributed by atoms with Crippen LogP contribution in [0.25, 0.3) is 0 Å². The Labute approximate surface area is 268 Å². The summed E-state index contributed by atoms with van der Waals surface area (Å²) in [6.07, 6.45) is 2.48. The number of benzene rings is 3.